The number of amides is 1. The van der Waals surface area contributed by atoms with Gasteiger partial charge in [0.1, 0.15) is 0 Å². The van der Waals surface area contributed by atoms with E-state index in [2.05, 4.69) is 28.6 Å². The van der Waals surface area contributed by atoms with E-state index in [0.717, 1.165) is 24.6 Å². The molecule has 1 aliphatic rings. The van der Waals surface area contributed by atoms with E-state index in [-0.39, 0.29) is 5.91 Å². The second-order valence-corrected chi connectivity index (χ2v) is 4.81. The molecule has 18 heavy (non-hydrogen) atoms. The number of carbonyl (C=O) groups excluding carboxylic acids is 1. The smallest absolute Gasteiger partial charge is 0.234 e. The standard InChI is InChI=1S/C14H21N3O/c1-2-12-4-3-7-16-13(12)9-17-14(18)10-15-8-11-5-6-11/h3-4,7,11,15H,2,5-6,8-10H2,1H3,(H,17,18). The topological polar surface area (TPSA) is 54.0 Å². The van der Waals surface area contributed by atoms with Gasteiger partial charge < -0.3 is 10.6 Å². The molecule has 0 radical (unpaired) electrons. The van der Waals surface area contributed by atoms with E-state index >= 15 is 0 Å². The van der Waals surface area contributed by atoms with Gasteiger partial charge in [0.15, 0.2) is 0 Å². The van der Waals surface area contributed by atoms with Crippen LogP contribution in [0.15, 0.2) is 18.3 Å². The molecule has 2 rings (SSSR count). The third kappa shape index (κ3) is 4.11. The summed E-state index contributed by atoms with van der Waals surface area (Å²) >= 11 is 0. The van der Waals surface area contributed by atoms with Crippen LogP contribution >= 0.6 is 0 Å². The highest BCUT2D eigenvalue weighted by molar-refractivity contribution is 5.77. The Morgan fingerprint density at radius 3 is 3.06 bits per heavy atom. The van der Waals surface area contributed by atoms with Gasteiger partial charge in [-0.2, -0.15) is 0 Å². The fraction of sp³-hybridized carbons (Fsp3) is 0.571. The molecule has 0 bridgehead atoms. The summed E-state index contributed by atoms with van der Waals surface area (Å²) in [4.78, 5) is 15.9. The van der Waals surface area contributed by atoms with Crippen molar-refractivity contribution in [1.82, 2.24) is 15.6 Å². The second kappa shape index (κ2) is 6.50. The molecule has 1 amide bonds. The van der Waals surface area contributed by atoms with Crippen LogP contribution in [-0.2, 0) is 17.8 Å². The van der Waals surface area contributed by atoms with Crippen LogP contribution in [0.2, 0.25) is 0 Å². The van der Waals surface area contributed by atoms with Crippen molar-refractivity contribution < 1.29 is 4.79 Å². The van der Waals surface area contributed by atoms with Gasteiger partial charge in [-0.25, -0.2) is 0 Å². The Bertz CT molecular complexity index is 402. The van der Waals surface area contributed by atoms with Crippen LogP contribution in [0.4, 0.5) is 0 Å². The Balaban J connectivity index is 1.70. The molecule has 0 spiro atoms. The molecule has 1 fully saturated rings. The molecule has 0 aromatic carbocycles. The molecule has 1 aromatic heterocycles. The number of hydrogen-bond acceptors (Lipinski definition) is 3. The van der Waals surface area contributed by atoms with Crippen molar-refractivity contribution in [2.75, 3.05) is 13.1 Å². The van der Waals surface area contributed by atoms with Crippen LogP contribution < -0.4 is 10.6 Å². The number of pyridine rings is 1. The molecule has 0 atom stereocenters. The number of hydrogen-bond donors (Lipinski definition) is 2. The van der Waals surface area contributed by atoms with E-state index in [1.54, 1.807) is 6.20 Å². The van der Waals surface area contributed by atoms with Gasteiger partial charge in [-0.15, -0.1) is 0 Å². The van der Waals surface area contributed by atoms with Gasteiger partial charge in [0, 0.05) is 6.20 Å². The predicted octanol–water partition coefficient (Wildman–Crippen LogP) is 1.26. The van der Waals surface area contributed by atoms with Gasteiger partial charge in [0.25, 0.3) is 0 Å². The maximum Gasteiger partial charge on any atom is 0.234 e. The molecule has 1 heterocycles. The summed E-state index contributed by atoms with van der Waals surface area (Å²) in [5, 5.41) is 6.08. The molecular weight excluding hydrogens is 226 g/mol. The Morgan fingerprint density at radius 1 is 1.50 bits per heavy atom. The van der Waals surface area contributed by atoms with E-state index in [1.165, 1.54) is 18.4 Å². The van der Waals surface area contributed by atoms with E-state index in [9.17, 15) is 4.79 Å². The zero-order valence-electron chi connectivity index (χ0n) is 10.9. The van der Waals surface area contributed by atoms with E-state index in [4.69, 9.17) is 0 Å². The Hall–Kier alpha value is -1.42. The van der Waals surface area contributed by atoms with Crippen molar-refractivity contribution in [3.8, 4) is 0 Å². The molecule has 0 aliphatic heterocycles. The predicted molar refractivity (Wildman–Crippen MR) is 71.1 cm³/mol. The van der Waals surface area contributed by atoms with Gasteiger partial charge in [0.2, 0.25) is 5.91 Å². The molecule has 98 valence electrons. The highest BCUT2D eigenvalue weighted by Crippen LogP contribution is 2.27. The monoisotopic (exact) mass is 247 g/mol. The van der Waals surface area contributed by atoms with Gasteiger partial charge in [-0.3, -0.25) is 9.78 Å². The van der Waals surface area contributed by atoms with E-state index in [0.29, 0.717) is 13.1 Å². The average molecular weight is 247 g/mol. The first kappa shape index (κ1) is 13.0. The lowest BCUT2D eigenvalue weighted by atomic mass is 10.1. The molecule has 1 aliphatic carbocycles. The molecule has 2 N–H and O–H groups in total. The number of nitrogens with zero attached hydrogens (tertiary/aromatic N) is 1. The van der Waals surface area contributed by atoms with Crippen LogP contribution in [0.3, 0.4) is 0 Å². The largest absolute Gasteiger partial charge is 0.349 e. The van der Waals surface area contributed by atoms with Crippen LogP contribution in [0.25, 0.3) is 0 Å². The number of carbonyl (C=O) groups is 1. The third-order valence-corrected chi connectivity index (χ3v) is 3.23. The summed E-state index contributed by atoms with van der Waals surface area (Å²) in [7, 11) is 0. The normalized spacial score (nSPS) is 14.5. The summed E-state index contributed by atoms with van der Waals surface area (Å²) < 4.78 is 0. The van der Waals surface area contributed by atoms with Crippen molar-refractivity contribution in [3.05, 3.63) is 29.6 Å². The van der Waals surface area contributed by atoms with E-state index < -0.39 is 0 Å². The van der Waals surface area contributed by atoms with Gasteiger partial charge in [-0.1, -0.05) is 13.0 Å². The zero-order valence-corrected chi connectivity index (χ0v) is 10.9. The summed E-state index contributed by atoms with van der Waals surface area (Å²) in [6, 6.07) is 3.99. The summed E-state index contributed by atoms with van der Waals surface area (Å²) in [5.41, 5.74) is 2.17. The molecule has 0 saturated heterocycles. The number of nitrogens with one attached hydrogen (secondary N) is 2. The van der Waals surface area contributed by atoms with Gasteiger partial charge in [-0.05, 0) is 43.4 Å². The second-order valence-electron chi connectivity index (χ2n) is 4.81. The maximum absolute atomic E-state index is 11.6. The minimum absolute atomic E-state index is 0.0448. The molecule has 1 saturated carbocycles. The Kier molecular flexibility index (Phi) is 4.70. The molecule has 4 heteroatoms. The summed E-state index contributed by atoms with van der Waals surface area (Å²) in [6.45, 7) is 4.00. The fourth-order valence-electron chi connectivity index (χ4n) is 1.91. The zero-order chi connectivity index (χ0) is 12.8. The summed E-state index contributed by atoms with van der Waals surface area (Å²) in [6.07, 6.45) is 5.33. The van der Waals surface area contributed by atoms with Crippen molar-refractivity contribution in [2.24, 2.45) is 5.92 Å². The lowest BCUT2D eigenvalue weighted by Crippen LogP contribution is -2.34. The molecule has 1 aromatic rings. The van der Waals surface area contributed by atoms with E-state index in [1.807, 2.05) is 6.07 Å². The van der Waals surface area contributed by atoms with Crippen LogP contribution in [0.5, 0.6) is 0 Å². The molecule has 0 unspecified atom stereocenters. The fourth-order valence-corrected chi connectivity index (χ4v) is 1.91. The first-order valence-corrected chi connectivity index (χ1v) is 6.69. The number of aromatic nitrogens is 1. The van der Waals surface area contributed by atoms with Crippen molar-refractivity contribution in [3.63, 3.8) is 0 Å². The number of rotatable bonds is 7. The molecule has 4 nitrogen and oxygen atoms in total. The Morgan fingerprint density at radius 2 is 2.33 bits per heavy atom. The summed E-state index contributed by atoms with van der Waals surface area (Å²) in [5.74, 6) is 0.851. The minimum Gasteiger partial charge on any atom is -0.349 e. The SMILES string of the molecule is CCc1cccnc1CNC(=O)CNCC1CC1. The van der Waals surface area contributed by atoms with Crippen molar-refractivity contribution >= 4 is 5.91 Å². The Labute approximate surface area is 108 Å². The van der Waals surface area contributed by atoms with Crippen molar-refractivity contribution in [1.29, 1.82) is 0 Å². The highest BCUT2D eigenvalue weighted by Gasteiger charge is 2.20. The first-order chi connectivity index (χ1) is 8.79. The van der Waals surface area contributed by atoms with Crippen LogP contribution in [-0.4, -0.2) is 24.0 Å². The third-order valence-electron chi connectivity index (χ3n) is 3.23. The highest BCUT2D eigenvalue weighted by atomic mass is 16.1. The average Bonchev–Trinajstić information content (AvgIpc) is 3.21. The van der Waals surface area contributed by atoms with Gasteiger partial charge in [0.05, 0.1) is 18.8 Å². The lowest BCUT2D eigenvalue weighted by molar-refractivity contribution is -0.120. The van der Waals surface area contributed by atoms with Crippen LogP contribution in [0, 0.1) is 5.92 Å². The number of aryl methyl sites for hydroxylation is 1. The maximum atomic E-state index is 11.6. The lowest BCUT2D eigenvalue weighted by Gasteiger charge is -2.08. The minimum atomic E-state index is 0.0448. The van der Waals surface area contributed by atoms with Gasteiger partial charge >= 0.3 is 0 Å². The quantitative estimate of drug-likeness (QED) is 0.762. The van der Waals surface area contributed by atoms with Crippen molar-refractivity contribution in [2.45, 2.75) is 32.7 Å². The van der Waals surface area contributed by atoms with Crippen LogP contribution in [0.1, 0.15) is 31.0 Å². The molecular formula is C14H21N3O. The first-order valence-electron chi connectivity index (χ1n) is 6.69.